The molecule has 0 radical (unpaired) electrons. The van der Waals surface area contributed by atoms with Crippen LogP contribution in [0.4, 0.5) is 5.69 Å². The fourth-order valence-electron chi connectivity index (χ4n) is 10.0. The molecule has 62 heavy (non-hydrogen) atoms. The molecule has 0 amide bonds. The zero-order valence-electron chi connectivity index (χ0n) is 36.5. The number of allylic oxidation sites excluding steroid dienone is 8. The number of para-hydroxylation sites is 2. The Morgan fingerprint density at radius 3 is 2.02 bits per heavy atom. The first-order chi connectivity index (χ1) is 30.3. The highest BCUT2D eigenvalue weighted by atomic mass is 15.5. The molecule has 2 aromatic heterocycles. The summed E-state index contributed by atoms with van der Waals surface area (Å²) in [5.74, 6) is 0. The average molecular weight is 820 g/mol. The summed E-state index contributed by atoms with van der Waals surface area (Å²) in [7, 11) is 0. The monoisotopic (exact) mass is 819 g/mol. The second-order valence-corrected chi connectivity index (χ2v) is 16.9. The zero-order chi connectivity index (χ0) is 42.5. The molecule has 4 aromatic carbocycles. The van der Waals surface area contributed by atoms with Crippen LogP contribution < -0.4 is 9.58 Å². The third kappa shape index (κ3) is 6.56. The van der Waals surface area contributed by atoms with Gasteiger partial charge in [-0.3, -0.25) is 0 Å². The van der Waals surface area contributed by atoms with Crippen LogP contribution in [0.5, 0.6) is 0 Å². The van der Waals surface area contributed by atoms with E-state index in [-0.39, 0.29) is 12.3 Å². The Morgan fingerprint density at radius 2 is 1.32 bits per heavy atom. The van der Waals surface area contributed by atoms with Gasteiger partial charge in [0.2, 0.25) is 5.69 Å². The normalized spacial score (nSPS) is 19.6. The Labute approximate surface area is 365 Å². The minimum Gasteiger partial charge on any atom is -0.349 e. The number of hydrogen-bond donors (Lipinski definition) is 0. The molecule has 0 saturated carbocycles. The van der Waals surface area contributed by atoms with Crippen molar-refractivity contribution in [2.45, 2.75) is 79.3 Å². The first kappa shape index (κ1) is 39.2. The standard InChI is InChI=1S/C52H55N10/c1-7-8-29-45-36(2)33-47-49(62(43-26-16-11-17-27-43)55-58(47)34-41-22-12-9-13-23-41)48-50(59(54-53-48)35-42-24-14-10-15-25-42)52-57-32-21-20-31-56-37(3)39(5)60(45)51(56)44-28-18-19-30-46(44)61(52)40(6)38(57)4/h7-19,22-30,51-52H,2,20-21,31-35H2,1,3-6H3/q+1/b8-7-,45-29+. The van der Waals surface area contributed by atoms with Crippen LogP contribution in [0, 0.1) is 0 Å². The summed E-state index contributed by atoms with van der Waals surface area (Å²) in [6, 6.07) is 40.8. The van der Waals surface area contributed by atoms with Crippen molar-refractivity contribution in [3.8, 4) is 17.1 Å². The third-order valence-electron chi connectivity index (χ3n) is 13.3. The Kier molecular flexibility index (Phi) is 10.2. The number of anilines is 1. The van der Waals surface area contributed by atoms with Crippen LogP contribution in [-0.4, -0.2) is 52.7 Å². The van der Waals surface area contributed by atoms with Gasteiger partial charge in [-0.2, -0.15) is 0 Å². The SMILES string of the molecule is C=C1Cc2c(n(-c3ccccc3)n[n+]2Cc2ccccc2)-c2nnn(Cc3ccccc3)c2C2N3CCCCN4C(C)=C(C)N(/C1=C/C=C\C)C4c1ccccc1N2C(C)=C3C. The van der Waals surface area contributed by atoms with Crippen molar-refractivity contribution in [1.29, 1.82) is 0 Å². The van der Waals surface area contributed by atoms with E-state index in [1.165, 1.54) is 34.0 Å². The van der Waals surface area contributed by atoms with Gasteiger partial charge in [0.15, 0.2) is 23.2 Å². The Morgan fingerprint density at radius 1 is 0.710 bits per heavy atom. The third-order valence-corrected chi connectivity index (χ3v) is 13.3. The molecule has 0 fully saturated rings. The van der Waals surface area contributed by atoms with Crippen molar-refractivity contribution >= 4 is 5.69 Å². The molecule has 0 N–H and O–H groups in total. The Balaban J connectivity index is 1.34. The molecule has 6 aromatic rings. The van der Waals surface area contributed by atoms with Gasteiger partial charge >= 0.3 is 0 Å². The van der Waals surface area contributed by atoms with Gasteiger partial charge in [0.05, 0.1) is 17.4 Å². The topological polar surface area (TPSA) is 65.4 Å². The maximum Gasteiger partial charge on any atom is 0.230 e. The largest absolute Gasteiger partial charge is 0.349 e. The molecule has 10 nitrogen and oxygen atoms in total. The molecule has 2 atom stereocenters. The molecule has 4 aliphatic heterocycles. The lowest BCUT2D eigenvalue weighted by atomic mass is 10.0. The summed E-state index contributed by atoms with van der Waals surface area (Å²) in [6.45, 7) is 19.2. The van der Waals surface area contributed by atoms with Crippen LogP contribution in [0.15, 0.2) is 174 Å². The predicted molar refractivity (Wildman–Crippen MR) is 245 cm³/mol. The van der Waals surface area contributed by atoms with Crippen LogP contribution in [0.2, 0.25) is 0 Å². The van der Waals surface area contributed by atoms with E-state index >= 15 is 0 Å². The van der Waals surface area contributed by atoms with Crippen LogP contribution in [0.3, 0.4) is 0 Å². The van der Waals surface area contributed by atoms with Crippen molar-refractivity contribution < 1.29 is 4.68 Å². The highest BCUT2D eigenvalue weighted by molar-refractivity contribution is 5.69. The maximum absolute atomic E-state index is 5.52. The molecular formula is C52H55N10+. The molecule has 2 unspecified atom stereocenters. The number of fused-ring (bicyclic) bond motifs is 3. The highest BCUT2D eigenvalue weighted by Gasteiger charge is 2.47. The minimum absolute atomic E-state index is 0.101. The van der Waals surface area contributed by atoms with Gasteiger partial charge in [0.25, 0.3) is 0 Å². The van der Waals surface area contributed by atoms with E-state index in [2.05, 4.69) is 202 Å². The average Bonchev–Trinajstić information content (AvgIpc) is 3.99. The van der Waals surface area contributed by atoms with Crippen molar-refractivity contribution in [2.24, 2.45) is 0 Å². The van der Waals surface area contributed by atoms with E-state index in [0.29, 0.717) is 19.5 Å². The van der Waals surface area contributed by atoms with E-state index in [1.807, 2.05) is 0 Å². The second-order valence-electron chi connectivity index (χ2n) is 16.9. The summed E-state index contributed by atoms with van der Waals surface area (Å²) >= 11 is 0. The molecule has 0 saturated heterocycles. The van der Waals surface area contributed by atoms with Crippen molar-refractivity contribution in [3.63, 3.8) is 0 Å². The summed E-state index contributed by atoms with van der Waals surface area (Å²) < 4.78 is 6.44. The quantitative estimate of drug-likeness (QED) is 0.155. The first-order valence-electron chi connectivity index (χ1n) is 22.0. The molecule has 6 heterocycles. The van der Waals surface area contributed by atoms with Crippen LogP contribution in [-0.2, 0) is 19.5 Å². The number of aromatic nitrogens is 6. The van der Waals surface area contributed by atoms with Gasteiger partial charge in [-0.1, -0.05) is 126 Å². The Hall–Kier alpha value is -6.94. The van der Waals surface area contributed by atoms with Gasteiger partial charge in [-0.25, -0.2) is 4.68 Å². The van der Waals surface area contributed by atoms with Crippen LogP contribution >= 0.6 is 0 Å². The first-order valence-corrected chi connectivity index (χ1v) is 22.0. The molecule has 4 bridgehead atoms. The number of nitrogens with zero attached hydrogens (tertiary/aromatic N) is 10. The van der Waals surface area contributed by atoms with Crippen LogP contribution in [0.1, 0.15) is 87.9 Å². The van der Waals surface area contributed by atoms with Crippen LogP contribution in [0.25, 0.3) is 17.1 Å². The fraction of sp³-hybridized carbons (Fsp3) is 0.269. The molecule has 312 valence electrons. The van der Waals surface area contributed by atoms with Gasteiger partial charge in [-0.05, 0) is 88.4 Å². The van der Waals surface area contributed by atoms with E-state index in [4.69, 9.17) is 22.1 Å². The van der Waals surface area contributed by atoms with Gasteiger partial charge in [-0.15, -0.1) is 9.78 Å². The molecule has 10 rings (SSSR count). The Bertz CT molecular complexity index is 2770. The summed E-state index contributed by atoms with van der Waals surface area (Å²) in [5, 5.41) is 16.0. The summed E-state index contributed by atoms with van der Waals surface area (Å²) in [5.41, 5.74) is 16.6. The van der Waals surface area contributed by atoms with E-state index < -0.39 is 0 Å². The van der Waals surface area contributed by atoms with Gasteiger partial charge in [0, 0.05) is 53.6 Å². The van der Waals surface area contributed by atoms with Gasteiger partial charge < -0.3 is 19.6 Å². The van der Waals surface area contributed by atoms with E-state index in [0.717, 1.165) is 76.8 Å². The summed E-state index contributed by atoms with van der Waals surface area (Å²) in [6.07, 6.45) is 8.76. The molecule has 4 aliphatic rings. The van der Waals surface area contributed by atoms with Crippen molar-refractivity contribution in [1.82, 2.24) is 39.6 Å². The van der Waals surface area contributed by atoms with Crippen molar-refractivity contribution in [3.05, 3.63) is 202 Å². The molecule has 10 heteroatoms. The van der Waals surface area contributed by atoms with Gasteiger partial charge in [0.1, 0.15) is 18.4 Å². The summed E-state index contributed by atoms with van der Waals surface area (Å²) in [4.78, 5) is 10.4. The molecular weight excluding hydrogens is 765 g/mol. The fourth-order valence-corrected chi connectivity index (χ4v) is 10.0. The number of hydrogen-bond acceptors (Lipinski definition) is 7. The lowest BCUT2D eigenvalue weighted by Gasteiger charge is -2.40. The van der Waals surface area contributed by atoms with E-state index in [1.54, 1.807) is 0 Å². The molecule has 0 spiro atoms. The number of benzene rings is 4. The minimum atomic E-state index is -0.252. The second kappa shape index (κ2) is 16.2. The van der Waals surface area contributed by atoms with E-state index in [9.17, 15) is 0 Å². The maximum atomic E-state index is 5.52. The number of rotatable bonds is 6. The zero-order valence-corrected chi connectivity index (χ0v) is 36.5. The predicted octanol–water partition coefficient (Wildman–Crippen LogP) is 9.82. The lowest BCUT2D eigenvalue weighted by Crippen LogP contribution is -2.41. The lowest BCUT2D eigenvalue weighted by molar-refractivity contribution is -0.752. The van der Waals surface area contributed by atoms with Crippen molar-refractivity contribution in [2.75, 3.05) is 18.0 Å². The highest BCUT2D eigenvalue weighted by Crippen LogP contribution is 2.52. The smallest absolute Gasteiger partial charge is 0.230 e. The molecule has 0 aliphatic carbocycles.